The summed E-state index contributed by atoms with van der Waals surface area (Å²) in [5, 5.41) is 14.7. The van der Waals surface area contributed by atoms with Crippen molar-refractivity contribution in [3.05, 3.63) is 69.5 Å². The lowest BCUT2D eigenvalue weighted by Crippen LogP contribution is -2.35. The van der Waals surface area contributed by atoms with E-state index < -0.39 is 0 Å². The minimum Gasteiger partial charge on any atom is -0.378 e. The fourth-order valence-corrected chi connectivity index (χ4v) is 5.62. The standard InChI is InChI=1S/C20H19FN2O2/c21-16-4-2-1-3-14(16)20-19-12-6-5-11(9-12)18(19)15-10-13(23(24)25)7-8-17(15)22-20/h1-4,7-8,10-12,18-20,22H,5-6,9H2/t11-,12-,18-,19-,20+/m0/s1. The Bertz CT molecular complexity index is 869. The van der Waals surface area contributed by atoms with Crippen LogP contribution in [0.15, 0.2) is 42.5 Å². The number of nitrogens with one attached hydrogen (secondary N) is 1. The van der Waals surface area contributed by atoms with Crippen LogP contribution in [0.5, 0.6) is 0 Å². The maximum absolute atomic E-state index is 14.5. The van der Waals surface area contributed by atoms with Crippen molar-refractivity contribution >= 4 is 11.4 Å². The van der Waals surface area contributed by atoms with Gasteiger partial charge in [-0.3, -0.25) is 10.1 Å². The minimum absolute atomic E-state index is 0.0598. The molecule has 4 nitrogen and oxygen atoms in total. The highest BCUT2D eigenvalue weighted by Gasteiger charge is 2.54. The molecule has 2 fully saturated rings. The number of hydrogen-bond acceptors (Lipinski definition) is 3. The molecule has 3 aliphatic rings. The molecule has 0 saturated heterocycles. The van der Waals surface area contributed by atoms with Crippen LogP contribution < -0.4 is 5.32 Å². The predicted molar refractivity (Wildman–Crippen MR) is 92.9 cm³/mol. The van der Waals surface area contributed by atoms with Crippen molar-refractivity contribution in [3.8, 4) is 0 Å². The zero-order chi connectivity index (χ0) is 17.1. The number of nitrogens with zero attached hydrogens (tertiary/aromatic N) is 1. The lowest BCUT2D eigenvalue weighted by atomic mass is 9.68. The fourth-order valence-electron chi connectivity index (χ4n) is 5.62. The van der Waals surface area contributed by atoms with E-state index in [0.29, 0.717) is 29.2 Å². The first-order chi connectivity index (χ1) is 12.1. The van der Waals surface area contributed by atoms with Crippen molar-refractivity contribution < 1.29 is 9.31 Å². The van der Waals surface area contributed by atoms with E-state index >= 15 is 0 Å². The molecule has 128 valence electrons. The highest BCUT2D eigenvalue weighted by molar-refractivity contribution is 5.62. The van der Waals surface area contributed by atoms with Crippen LogP contribution in [0.25, 0.3) is 0 Å². The van der Waals surface area contributed by atoms with Crippen LogP contribution in [0, 0.1) is 33.7 Å². The Morgan fingerprint density at radius 1 is 1.08 bits per heavy atom. The van der Waals surface area contributed by atoms with Gasteiger partial charge >= 0.3 is 0 Å². The third kappa shape index (κ3) is 2.11. The van der Waals surface area contributed by atoms with Crippen molar-refractivity contribution in [1.82, 2.24) is 0 Å². The second-order valence-electron chi connectivity index (χ2n) is 7.61. The monoisotopic (exact) mass is 338 g/mol. The highest BCUT2D eigenvalue weighted by atomic mass is 19.1. The van der Waals surface area contributed by atoms with E-state index in [4.69, 9.17) is 0 Å². The van der Waals surface area contributed by atoms with Crippen LogP contribution in [0.2, 0.25) is 0 Å². The number of hydrogen-bond donors (Lipinski definition) is 1. The van der Waals surface area contributed by atoms with Gasteiger partial charge in [-0.25, -0.2) is 4.39 Å². The van der Waals surface area contributed by atoms with E-state index in [1.54, 1.807) is 18.2 Å². The lowest BCUT2D eigenvalue weighted by molar-refractivity contribution is -0.384. The molecule has 2 aromatic carbocycles. The van der Waals surface area contributed by atoms with E-state index in [9.17, 15) is 14.5 Å². The molecule has 5 heteroatoms. The molecule has 25 heavy (non-hydrogen) atoms. The quantitative estimate of drug-likeness (QED) is 0.617. The Labute approximate surface area is 145 Å². The first-order valence-corrected chi connectivity index (χ1v) is 8.93. The molecule has 5 rings (SSSR count). The van der Waals surface area contributed by atoms with Gasteiger partial charge in [-0.15, -0.1) is 0 Å². The average Bonchev–Trinajstić information content (AvgIpc) is 3.23. The van der Waals surface area contributed by atoms with Crippen molar-refractivity contribution in [2.75, 3.05) is 5.32 Å². The van der Waals surface area contributed by atoms with Gasteiger partial charge in [-0.05, 0) is 60.6 Å². The predicted octanol–water partition coefficient (Wildman–Crippen LogP) is 5.03. The lowest BCUT2D eigenvalue weighted by Gasteiger charge is -2.43. The molecule has 1 N–H and O–H groups in total. The van der Waals surface area contributed by atoms with Crippen LogP contribution in [0.4, 0.5) is 15.8 Å². The fraction of sp³-hybridized carbons (Fsp3) is 0.400. The van der Waals surface area contributed by atoms with E-state index in [2.05, 4.69) is 5.32 Å². The van der Waals surface area contributed by atoms with Crippen molar-refractivity contribution in [1.29, 1.82) is 0 Å². The topological polar surface area (TPSA) is 55.2 Å². The normalized spacial score (nSPS) is 32.0. The third-order valence-corrected chi connectivity index (χ3v) is 6.52. The van der Waals surface area contributed by atoms with Crippen LogP contribution in [-0.2, 0) is 0 Å². The first kappa shape index (κ1) is 14.9. The van der Waals surface area contributed by atoms with Crippen LogP contribution >= 0.6 is 0 Å². The summed E-state index contributed by atoms with van der Waals surface area (Å²) >= 11 is 0. The van der Waals surface area contributed by atoms with Crippen LogP contribution in [-0.4, -0.2) is 4.92 Å². The Hall–Kier alpha value is -2.43. The van der Waals surface area contributed by atoms with Gasteiger partial charge in [0.25, 0.3) is 5.69 Å². The number of anilines is 1. The Balaban J connectivity index is 1.65. The average molecular weight is 338 g/mol. The second kappa shape index (κ2) is 5.28. The van der Waals surface area contributed by atoms with E-state index in [1.807, 2.05) is 12.1 Å². The molecule has 5 atom stereocenters. The van der Waals surface area contributed by atoms with Gasteiger partial charge in [0, 0.05) is 23.4 Å². The molecule has 0 amide bonds. The largest absolute Gasteiger partial charge is 0.378 e. The summed E-state index contributed by atoms with van der Waals surface area (Å²) in [6.07, 6.45) is 3.52. The summed E-state index contributed by atoms with van der Waals surface area (Å²) in [6, 6.07) is 12.0. The van der Waals surface area contributed by atoms with Gasteiger partial charge in [0.15, 0.2) is 0 Å². The van der Waals surface area contributed by atoms with Crippen LogP contribution in [0.1, 0.15) is 42.3 Å². The Kier molecular flexibility index (Phi) is 3.14. The van der Waals surface area contributed by atoms with E-state index in [-0.39, 0.29) is 22.5 Å². The maximum atomic E-state index is 14.5. The second-order valence-corrected chi connectivity index (χ2v) is 7.61. The Morgan fingerprint density at radius 2 is 1.88 bits per heavy atom. The summed E-state index contributed by atoms with van der Waals surface area (Å²) in [5.74, 6) is 1.56. The maximum Gasteiger partial charge on any atom is 0.269 e. The molecule has 2 aliphatic carbocycles. The molecule has 2 saturated carbocycles. The summed E-state index contributed by atoms with van der Waals surface area (Å²) in [5.41, 5.74) is 2.84. The van der Waals surface area contributed by atoms with Gasteiger partial charge < -0.3 is 5.32 Å². The molecule has 0 radical (unpaired) electrons. The molecular weight excluding hydrogens is 319 g/mol. The van der Waals surface area contributed by atoms with Gasteiger partial charge in [0.2, 0.25) is 0 Å². The van der Waals surface area contributed by atoms with Gasteiger partial charge in [-0.2, -0.15) is 0 Å². The zero-order valence-electron chi connectivity index (χ0n) is 13.7. The highest BCUT2D eigenvalue weighted by Crippen LogP contribution is 2.64. The molecule has 2 bridgehead atoms. The summed E-state index contributed by atoms with van der Waals surface area (Å²) < 4.78 is 14.5. The van der Waals surface area contributed by atoms with Gasteiger partial charge in [-0.1, -0.05) is 18.2 Å². The van der Waals surface area contributed by atoms with Crippen molar-refractivity contribution in [2.24, 2.45) is 17.8 Å². The SMILES string of the molecule is O=[N+]([O-])c1ccc2c(c1)[C@@H]1[C@H]3CC[C@@H](C3)[C@@H]1[C@@H](c1ccccc1F)N2. The van der Waals surface area contributed by atoms with E-state index in [1.165, 1.54) is 25.0 Å². The van der Waals surface area contributed by atoms with Crippen LogP contribution in [0.3, 0.4) is 0 Å². The minimum atomic E-state index is -0.328. The molecule has 2 aromatic rings. The summed E-state index contributed by atoms with van der Waals surface area (Å²) in [4.78, 5) is 10.9. The van der Waals surface area contributed by atoms with Crippen molar-refractivity contribution in [2.45, 2.75) is 31.2 Å². The molecule has 0 spiro atoms. The number of halogens is 1. The molecule has 0 unspecified atom stereocenters. The summed E-state index contributed by atoms with van der Waals surface area (Å²) in [6.45, 7) is 0. The Morgan fingerprint density at radius 3 is 2.68 bits per heavy atom. The van der Waals surface area contributed by atoms with E-state index in [0.717, 1.165) is 17.7 Å². The van der Waals surface area contributed by atoms with Gasteiger partial charge in [0.1, 0.15) is 5.82 Å². The smallest absolute Gasteiger partial charge is 0.269 e. The number of benzene rings is 2. The number of nitro groups is 1. The number of nitro benzene ring substituents is 1. The molecule has 0 aromatic heterocycles. The summed E-state index contributed by atoms with van der Waals surface area (Å²) in [7, 11) is 0. The zero-order valence-corrected chi connectivity index (χ0v) is 13.7. The molecule has 1 heterocycles. The van der Waals surface area contributed by atoms with Crippen molar-refractivity contribution in [3.63, 3.8) is 0 Å². The molecule has 1 aliphatic heterocycles. The first-order valence-electron chi connectivity index (χ1n) is 8.93. The molecular formula is C20H19FN2O2. The van der Waals surface area contributed by atoms with Gasteiger partial charge in [0.05, 0.1) is 11.0 Å². The number of fused-ring (bicyclic) bond motifs is 7. The third-order valence-electron chi connectivity index (χ3n) is 6.52. The number of non-ortho nitro benzene ring substituents is 1. The number of rotatable bonds is 2.